The fraction of sp³-hybridized carbons (Fsp3) is 0.167. The van der Waals surface area contributed by atoms with E-state index in [0.29, 0.717) is 0 Å². The van der Waals surface area contributed by atoms with E-state index < -0.39 is 17.6 Å². The molecule has 2 rings (SSSR count). The van der Waals surface area contributed by atoms with E-state index in [4.69, 9.17) is 18.4 Å². The van der Waals surface area contributed by atoms with Gasteiger partial charge in [0.05, 0.1) is 0 Å². The van der Waals surface area contributed by atoms with Gasteiger partial charge in [0.1, 0.15) is 0 Å². The Balaban J connectivity index is 0.000000210. The van der Waals surface area contributed by atoms with Gasteiger partial charge in [0.15, 0.2) is 0 Å². The molecule has 83 valence electrons. The first kappa shape index (κ1) is 15.0. The molecular weight excluding hydrogens is 308 g/mol. The fourth-order valence-electron chi connectivity index (χ4n) is 0.940. The molecule has 0 amide bonds. The maximum atomic E-state index is 4.91. The van der Waals surface area contributed by atoms with E-state index in [1.165, 1.54) is 11.1 Å². The van der Waals surface area contributed by atoms with Crippen molar-refractivity contribution in [1.82, 2.24) is 0 Å². The van der Waals surface area contributed by atoms with Crippen molar-refractivity contribution < 1.29 is 17.6 Å². The van der Waals surface area contributed by atoms with E-state index in [2.05, 4.69) is 38.1 Å². The van der Waals surface area contributed by atoms with Crippen LogP contribution in [0.3, 0.4) is 0 Å². The van der Waals surface area contributed by atoms with Gasteiger partial charge in [-0.25, -0.2) is 24.3 Å². The summed E-state index contributed by atoms with van der Waals surface area (Å²) in [7, 11) is 9.83. The Morgan fingerprint density at radius 1 is 0.733 bits per heavy atom. The molecule has 0 atom stereocenters. The number of hydrogen-bond donors (Lipinski definition) is 0. The van der Waals surface area contributed by atoms with Crippen molar-refractivity contribution in [3.8, 4) is 0 Å². The van der Waals surface area contributed by atoms with Gasteiger partial charge in [-0.15, -0.1) is 0 Å². The summed E-state index contributed by atoms with van der Waals surface area (Å²) in [5.74, 6) is 0. The molecule has 0 saturated heterocycles. The van der Waals surface area contributed by atoms with E-state index >= 15 is 0 Å². The van der Waals surface area contributed by atoms with Crippen molar-refractivity contribution in [2.75, 3.05) is 0 Å². The van der Waals surface area contributed by atoms with Crippen molar-refractivity contribution in [2.24, 2.45) is 0 Å². The van der Waals surface area contributed by atoms with E-state index in [1.54, 1.807) is 0 Å². The van der Waals surface area contributed by atoms with Crippen molar-refractivity contribution in [3.05, 3.63) is 59.7 Å². The number of rotatable bonds is 0. The van der Waals surface area contributed by atoms with Crippen LogP contribution >= 0.6 is 18.4 Å². The minimum atomic E-state index is -0.706. The Kier molecular flexibility index (Phi) is 10.5. The van der Waals surface area contributed by atoms with Crippen LogP contribution in [0.15, 0.2) is 48.5 Å². The van der Waals surface area contributed by atoms with Crippen LogP contribution in [0.2, 0.25) is 0 Å². The van der Waals surface area contributed by atoms with Crippen molar-refractivity contribution in [2.45, 2.75) is 13.8 Å². The number of halogens is 2. The molecule has 0 aliphatic rings. The zero-order chi connectivity index (χ0) is 11.5. The normalized spacial score (nSPS) is 8.00. The summed E-state index contributed by atoms with van der Waals surface area (Å²) in [5.41, 5.74) is 2.69. The predicted molar refractivity (Wildman–Crippen MR) is 65.3 cm³/mol. The minimum absolute atomic E-state index is 0.706. The van der Waals surface area contributed by atoms with Crippen molar-refractivity contribution in [3.63, 3.8) is 0 Å². The summed E-state index contributed by atoms with van der Waals surface area (Å²) in [4.78, 5) is 0. The van der Waals surface area contributed by atoms with Crippen molar-refractivity contribution >= 4 is 18.4 Å². The first-order valence-electron chi connectivity index (χ1n) is 4.49. The zero-order valence-electron chi connectivity index (χ0n) is 8.82. The molecule has 3 heteroatoms. The molecule has 0 aliphatic carbocycles. The third kappa shape index (κ3) is 10.3. The monoisotopic (exact) mass is 321 g/mol. The molecule has 0 nitrogen and oxygen atoms in total. The Morgan fingerprint density at radius 3 is 1.00 bits per heavy atom. The van der Waals surface area contributed by atoms with Gasteiger partial charge >= 0.3 is 36.0 Å². The van der Waals surface area contributed by atoms with Gasteiger partial charge in [0.2, 0.25) is 0 Å². The van der Waals surface area contributed by atoms with E-state index in [1.807, 2.05) is 24.3 Å². The molecule has 0 aliphatic heterocycles. The summed E-state index contributed by atoms with van der Waals surface area (Å²) >= 11 is -0.706. The molecule has 0 heterocycles. The van der Waals surface area contributed by atoms with Crippen LogP contribution in [-0.4, -0.2) is 0 Å². The van der Waals surface area contributed by atoms with Crippen molar-refractivity contribution in [1.29, 1.82) is 0 Å². The standard InChI is InChI=1S/2C6H7.2ClH.Nb/c2*1-6-4-2-3-5-6;;;/h2*2-5H,1H3;2*1H;/q2*-1;;;+2/p-2. The van der Waals surface area contributed by atoms with Gasteiger partial charge in [-0.1, -0.05) is 13.8 Å². The van der Waals surface area contributed by atoms with E-state index in [-0.39, 0.29) is 0 Å². The summed E-state index contributed by atoms with van der Waals surface area (Å²) < 4.78 is 0. The molecule has 2 aromatic carbocycles. The molecule has 0 unspecified atom stereocenters. The molecule has 0 bridgehead atoms. The van der Waals surface area contributed by atoms with Crippen LogP contribution in [0.4, 0.5) is 0 Å². The van der Waals surface area contributed by atoms with Gasteiger partial charge in [0.25, 0.3) is 0 Å². The summed E-state index contributed by atoms with van der Waals surface area (Å²) in [6.07, 6.45) is 0. The van der Waals surface area contributed by atoms with Crippen LogP contribution in [0.1, 0.15) is 11.1 Å². The zero-order valence-corrected chi connectivity index (χ0v) is 12.5. The molecule has 0 spiro atoms. The van der Waals surface area contributed by atoms with Crippen LogP contribution in [0, 0.1) is 13.8 Å². The Morgan fingerprint density at radius 2 is 0.933 bits per heavy atom. The molecule has 0 N–H and O–H groups in total. The predicted octanol–water partition coefficient (Wildman–Crippen LogP) is 4.80. The van der Waals surface area contributed by atoms with Crippen LogP contribution in [-0.2, 0) is 17.6 Å². The molecule has 0 radical (unpaired) electrons. The van der Waals surface area contributed by atoms with Crippen LogP contribution in [0.5, 0.6) is 0 Å². The first-order valence-corrected chi connectivity index (χ1v) is 10.2. The summed E-state index contributed by atoms with van der Waals surface area (Å²) in [6.45, 7) is 4.17. The SMILES string of the molecule is C[c-]1cccc1.C[c-]1cccc1.[Cl][Nb][Cl]. The Bertz CT molecular complexity index is 266. The van der Waals surface area contributed by atoms with Gasteiger partial charge in [-0.2, -0.15) is 35.4 Å². The number of hydrogen-bond acceptors (Lipinski definition) is 0. The fourth-order valence-corrected chi connectivity index (χ4v) is 0.940. The van der Waals surface area contributed by atoms with Crippen LogP contribution in [0.25, 0.3) is 0 Å². The van der Waals surface area contributed by atoms with Gasteiger partial charge in [0, 0.05) is 0 Å². The van der Waals surface area contributed by atoms with Crippen LogP contribution < -0.4 is 0 Å². The molecule has 0 aromatic heterocycles. The quantitative estimate of drug-likeness (QED) is 0.483. The molecule has 15 heavy (non-hydrogen) atoms. The summed E-state index contributed by atoms with van der Waals surface area (Å²) in [6, 6.07) is 16.5. The van der Waals surface area contributed by atoms with Gasteiger partial charge < -0.3 is 0 Å². The topological polar surface area (TPSA) is 0 Å². The maximum absolute atomic E-state index is 4.91. The van der Waals surface area contributed by atoms with Gasteiger partial charge in [-0.05, 0) is 0 Å². The first-order chi connectivity index (χ1) is 7.20. The third-order valence-electron chi connectivity index (χ3n) is 1.66. The number of aryl methyl sites for hydroxylation is 2. The second-order valence-electron chi connectivity index (χ2n) is 2.99. The summed E-state index contributed by atoms with van der Waals surface area (Å²) in [5, 5.41) is 0. The second kappa shape index (κ2) is 10.5. The average Bonchev–Trinajstić information content (AvgIpc) is 2.81. The molecule has 0 fully saturated rings. The second-order valence-corrected chi connectivity index (χ2v) is 6.33. The third-order valence-corrected chi connectivity index (χ3v) is 1.66. The average molecular weight is 322 g/mol. The molecule has 0 saturated carbocycles. The molecule has 2 aromatic rings. The Labute approximate surface area is 109 Å². The van der Waals surface area contributed by atoms with E-state index in [9.17, 15) is 0 Å². The van der Waals surface area contributed by atoms with Gasteiger partial charge in [-0.3, -0.25) is 0 Å². The Hall–Kier alpha value is 0.0203. The molecular formula is C12H14Cl2Nb-2. The van der Waals surface area contributed by atoms with E-state index in [0.717, 1.165) is 0 Å².